The highest BCUT2D eigenvalue weighted by Gasteiger charge is 2.17. The molecule has 0 aliphatic heterocycles. The van der Waals surface area contributed by atoms with Gasteiger partial charge in [0.05, 0.1) is 6.04 Å². The van der Waals surface area contributed by atoms with Crippen molar-refractivity contribution in [2.75, 3.05) is 13.6 Å². The van der Waals surface area contributed by atoms with Gasteiger partial charge < -0.3 is 10.6 Å². The molecule has 0 rings (SSSR count). The van der Waals surface area contributed by atoms with E-state index in [4.69, 9.17) is 5.73 Å². The van der Waals surface area contributed by atoms with Gasteiger partial charge in [-0.05, 0) is 12.3 Å². The Bertz CT molecular complexity index is 178. The fraction of sp³-hybridized carbons (Fsp3) is 0.700. The SMILES string of the molecule is C=CCN(C)C(=O)[C@@H](N)CC(C)C. The van der Waals surface area contributed by atoms with Gasteiger partial charge in [-0.2, -0.15) is 0 Å². The van der Waals surface area contributed by atoms with Crippen LogP contribution in [0.3, 0.4) is 0 Å². The topological polar surface area (TPSA) is 46.3 Å². The predicted molar refractivity (Wildman–Crippen MR) is 55.3 cm³/mol. The number of rotatable bonds is 5. The van der Waals surface area contributed by atoms with Crippen LogP contribution in [0.5, 0.6) is 0 Å². The molecule has 3 heteroatoms. The van der Waals surface area contributed by atoms with E-state index in [1.54, 1.807) is 18.0 Å². The lowest BCUT2D eigenvalue weighted by molar-refractivity contribution is -0.131. The van der Waals surface area contributed by atoms with Crippen LogP contribution < -0.4 is 5.73 Å². The molecule has 2 N–H and O–H groups in total. The summed E-state index contributed by atoms with van der Waals surface area (Å²) in [7, 11) is 1.74. The van der Waals surface area contributed by atoms with Crippen LogP contribution in [0.1, 0.15) is 20.3 Å². The molecule has 0 aliphatic carbocycles. The van der Waals surface area contributed by atoms with Crippen LogP contribution in [0.4, 0.5) is 0 Å². The Labute approximate surface area is 80.6 Å². The van der Waals surface area contributed by atoms with Gasteiger partial charge in [-0.15, -0.1) is 6.58 Å². The van der Waals surface area contributed by atoms with Gasteiger partial charge in [-0.3, -0.25) is 4.79 Å². The summed E-state index contributed by atoms with van der Waals surface area (Å²) in [5, 5.41) is 0. The molecule has 0 aromatic rings. The highest BCUT2D eigenvalue weighted by atomic mass is 16.2. The first-order valence-electron chi connectivity index (χ1n) is 4.60. The van der Waals surface area contributed by atoms with E-state index < -0.39 is 0 Å². The minimum Gasteiger partial charge on any atom is -0.341 e. The summed E-state index contributed by atoms with van der Waals surface area (Å²) >= 11 is 0. The van der Waals surface area contributed by atoms with Gasteiger partial charge in [0.15, 0.2) is 0 Å². The second-order valence-electron chi connectivity index (χ2n) is 3.74. The van der Waals surface area contributed by atoms with Gasteiger partial charge in [0.25, 0.3) is 0 Å². The number of likely N-dealkylation sites (N-methyl/N-ethyl adjacent to an activating group) is 1. The first kappa shape index (κ1) is 12.2. The minimum atomic E-state index is -0.370. The Morgan fingerprint density at radius 3 is 2.54 bits per heavy atom. The van der Waals surface area contributed by atoms with Crippen molar-refractivity contribution in [1.82, 2.24) is 4.90 Å². The number of hydrogen-bond acceptors (Lipinski definition) is 2. The van der Waals surface area contributed by atoms with E-state index in [2.05, 4.69) is 20.4 Å². The van der Waals surface area contributed by atoms with E-state index >= 15 is 0 Å². The molecule has 0 aliphatic rings. The maximum absolute atomic E-state index is 11.5. The van der Waals surface area contributed by atoms with Crippen LogP contribution in [0.15, 0.2) is 12.7 Å². The van der Waals surface area contributed by atoms with Crippen molar-refractivity contribution in [3.8, 4) is 0 Å². The predicted octanol–water partition coefficient (Wildman–Crippen LogP) is 1.00. The van der Waals surface area contributed by atoms with Gasteiger partial charge in [0.2, 0.25) is 5.91 Å². The maximum Gasteiger partial charge on any atom is 0.239 e. The Kier molecular flexibility index (Phi) is 5.39. The van der Waals surface area contributed by atoms with Crippen LogP contribution in [0, 0.1) is 5.92 Å². The fourth-order valence-electron chi connectivity index (χ4n) is 1.18. The molecule has 0 unspecified atom stereocenters. The first-order valence-corrected chi connectivity index (χ1v) is 4.60. The molecule has 3 nitrogen and oxygen atoms in total. The molecule has 0 aromatic heterocycles. The van der Waals surface area contributed by atoms with Gasteiger partial charge in [0, 0.05) is 13.6 Å². The van der Waals surface area contributed by atoms with Crippen molar-refractivity contribution in [2.45, 2.75) is 26.3 Å². The van der Waals surface area contributed by atoms with E-state index in [0.717, 1.165) is 6.42 Å². The largest absolute Gasteiger partial charge is 0.341 e. The van der Waals surface area contributed by atoms with E-state index in [1.165, 1.54) is 0 Å². The maximum atomic E-state index is 11.5. The Morgan fingerprint density at radius 1 is 1.62 bits per heavy atom. The lowest BCUT2D eigenvalue weighted by Crippen LogP contribution is -2.42. The molecule has 13 heavy (non-hydrogen) atoms. The minimum absolute atomic E-state index is 0.00593. The monoisotopic (exact) mass is 184 g/mol. The highest BCUT2D eigenvalue weighted by Crippen LogP contribution is 2.04. The van der Waals surface area contributed by atoms with E-state index in [0.29, 0.717) is 12.5 Å². The number of carbonyl (C=O) groups is 1. The van der Waals surface area contributed by atoms with E-state index in [1.807, 2.05) is 0 Å². The molecule has 0 aromatic carbocycles. The van der Waals surface area contributed by atoms with Crippen LogP contribution in [0.2, 0.25) is 0 Å². The van der Waals surface area contributed by atoms with Gasteiger partial charge in [-0.25, -0.2) is 0 Å². The number of carbonyl (C=O) groups excluding carboxylic acids is 1. The third-order valence-electron chi connectivity index (χ3n) is 1.82. The van der Waals surface area contributed by atoms with Gasteiger partial charge >= 0.3 is 0 Å². The Morgan fingerprint density at radius 2 is 2.15 bits per heavy atom. The van der Waals surface area contributed by atoms with Crippen LogP contribution in [-0.4, -0.2) is 30.4 Å². The standard InChI is InChI=1S/C10H20N2O/c1-5-6-12(4)10(13)9(11)7-8(2)3/h5,8-9H,1,6-7,11H2,2-4H3/t9-/m0/s1. The van der Waals surface area contributed by atoms with Crippen molar-refractivity contribution in [2.24, 2.45) is 11.7 Å². The van der Waals surface area contributed by atoms with Crippen LogP contribution in [0.25, 0.3) is 0 Å². The number of hydrogen-bond donors (Lipinski definition) is 1. The zero-order chi connectivity index (χ0) is 10.4. The molecule has 0 heterocycles. The van der Waals surface area contributed by atoms with Crippen molar-refractivity contribution in [3.63, 3.8) is 0 Å². The summed E-state index contributed by atoms with van der Waals surface area (Å²) < 4.78 is 0. The molecule has 1 amide bonds. The molecule has 0 spiro atoms. The zero-order valence-electron chi connectivity index (χ0n) is 8.79. The number of amides is 1. The number of nitrogens with two attached hydrogens (primary N) is 1. The smallest absolute Gasteiger partial charge is 0.239 e. The van der Waals surface area contributed by atoms with Gasteiger partial charge in [0.1, 0.15) is 0 Å². The molecule has 0 fully saturated rings. The average molecular weight is 184 g/mol. The molecule has 0 bridgehead atoms. The van der Waals surface area contributed by atoms with Crippen molar-refractivity contribution in [3.05, 3.63) is 12.7 Å². The van der Waals surface area contributed by atoms with Gasteiger partial charge in [-0.1, -0.05) is 19.9 Å². The van der Waals surface area contributed by atoms with Crippen molar-refractivity contribution >= 4 is 5.91 Å². The Hall–Kier alpha value is -0.830. The summed E-state index contributed by atoms with van der Waals surface area (Å²) in [5.74, 6) is 0.449. The third kappa shape index (κ3) is 4.68. The van der Waals surface area contributed by atoms with Crippen LogP contribution in [-0.2, 0) is 4.79 Å². The summed E-state index contributed by atoms with van der Waals surface area (Å²) in [6, 6.07) is -0.370. The summed E-state index contributed by atoms with van der Waals surface area (Å²) in [4.78, 5) is 13.1. The summed E-state index contributed by atoms with van der Waals surface area (Å²) in [5.41, 5.74) is 5.72. The van der Waals surface area contributed by atoms with Crippen molar-refractivity contribution in [1.29, 1.82) is 0 Å². The first-order chi connectivity index (χ1) is 5.99. The normalized spacial score (nSPS) is 12.7. The van der Waals surface area contributed by atoms with Crippen molar-refractivity contribution < 1.29 is 4.79 Å². The second kappa shape index (κ2) is 5.75. The third-order valence-corrected chi connectivity index (χ3v) is 1.82. The molecular formula is C10H20N2O. The number of nitrogens with zero attached hydrogens (tertiary/aromatic N) is 1. The van der Waals surface area contributed by atoms with E-state index in [-0.39, 0.29) is 11.9 Å². The quantitative estimate of drug-likeness (QED) is 0.648. The molecule has 0 saturated carbocycles. The lowest BCUT2D eigenvalue weighted by atomic mass is 10.0. The van der Waals surface area contributed by atoms with Crippen LogP contribution >= 0.6 is 0 Å². The Balaban J connectivity index is 4.00. The van der Waals surface area contributed by atoms with E-state index in [9.17, 15) is 4.79 Å². The molecule has 76 valence electrons. The average Bonchev–Trinajstić information content (AvgIpc) is 2.02. The summed E-state index contributed by atoms with van der Waals surface area (Å²) in [6.07, 6.45) is 2.43. The zero-order valence-corrected chi connectivity index (χ0v) is 8.79. The summed E-state index contributed by atoms with van der Waals surface area (Å²) in [6.45, 7) is 8.24. The molecule has 1 atom stereocenters. The lowest BCUT2D eigenvalue weighted by Gasteiger charge is -2.20. The molecular weight excluding hydrogens is 164 g/mol. The molecule has 0 radical (unpaired) electrons. The second-order valence-corrected chi connectivity index (χ2v) is 3.74. The molecule has 0 saturated heterocycles. The highest BCUT2D eigenvalue weighted by molar-refractivity contribution is 5.81. The fourth-order valence-corrected chi connectivity index (χ4v) is 1.18.